The highest BCUT2D eigenvalue weighted by atomic mass is 35.5. The summed E-state index contributed by atoms with van der Waals surface area (Å²) in [5.41, 5.74) is 0. The average Bonchev–Trinajstić information content (AvgIpc) is 2.49. The van der Waals surface area contributed by atoms with E-state index in [2.05, 4.69) is 0 Å². The fraction of sp³-hybridized carbons (Fsp3) is 0.533. The second-order valence-electron chi connectivity index (χ2n) is 5.29. The fourth-order valence-corrected chi connectivity index (χ4v) is 2.67. The SMILES string of the molecule is CN(C(=O)Oc1ccc(Cl)cc1)C1CCC(CO)CC1. The average molecular weight is 298 g/mol. The van der Waals surface area contributed by atoms with Gasteiger partial charge in [0.1, 0.15) is 5.75 Å². The molecule has 1 aromatic carbocycles. The normalized spacial score (nSPS) is 22.4. The van der Waals surface area contributed by atoms with Gasteiger partial charge in [-0.15, -0.1) is 0 Å². The van der Waals surface area contributed by atoms with Gasteiger partial charge in [0.2, 0.25) is 0 Å². The molecule has 1 aliphatic carbocycles. The minimum Gasteiger partial charge on any atom is -0.410 e. The van der Waals surface area contributed by atoms with E-state index in [9.17, 15) is 4.79 Å². The first-order chi connectivity index (χ1) is 9.60. The molecule has 1 saturated carbocycles. The lowest BCUT2D eigenvalue weighted by Crippen LogP contribution is -2.41. The van der Waals surface area contributed by atoms with Crippen LogP contribution in [0, 0.1) is 5.92 Å². The van der Waals surface area contributed by atoms with Crippen molar-refractivity contribution in [2.75, 3.05) is 13.7 Å². The van der Waals surface area contributed by atoms with Crippen molar-refractivity contribution in [1.82, 2.24) is 4.90 Å². The lowest BCUT2D eigenvalue weighted by Gasteiger charge is -2.33. The van der Waals surface area contributed by atoms with Crippen LogP contribution < -0.4 is 4.74 Å². The molecular weight excluding hydrogens is 278 g/mol. The van der Waals surface area contributed by atoms with Crippen LogP contribution in [-0.2, 0) is 0 Å². The third-order valence-corrected chi connectivity index (χ3v) is 4.18. The second kappa shape index (κ2) is 6.95. The molecule has 0 radical (unpaired) electrons. The molecule has 0 aromatic heterocycles. The van der Waals surface area contributed by atoms with E-state index >= 15 is 0 Å². The standard InChI is InChI=1S/C15H20ClNO3/c1-17(13-6-2-11(10-18)3-7-13)15(19)20-14-8-4-12(16)5-9-14/h4-5,8-9,11,13,18H,2-3,6-7,10H2,1H3. The maximum Gasteiger partial charge on any atom is 0.415 e. The van der Waals surface area contributed by atoms with Gasteiger partial charge in [-0.3, -0.25) is 0 Å². The van der Waals surface area contributed by atoms with Crippen LogP contribution in [-0.4, -0.2) is 35.8 Å². The van der Waals surface area contributed by atoms with Crippen LogP contribution in [0.4, 0.5) is 4.79 Å². The summed E-state index contributed by atoms with van der Waals surface area (Å²) < 4.78 is 5.32. The van der Waals surface area contributed by atoms with Crippen LogP contribution in [0.15, 0.2) is 24.3 Å². The Bertz CT molecular complexity index is 441. The smallest absolute Gasteiger partial charge is 0.410 e. The summed E-state index contributed by atoms with van der Waals surface area (Å²) in [7, 11) is 1.77. The van der Waals surface area contributed by atoms with Gasteiger partial charge in [0.25, 0.3) is 0 Å². The molecule has 1 fully saturated rings. The number of nitrogens with zero attached hydrogens (tertiary/aromatic N) is 1. The predicted octanol–water partition coefficient (Wildman–Crippen LogP) is 3.32. The van der Waals surface area contributed by atoms with Crippen molar-refractivity contribution in [3.8, 4) is 5.75 Å². The second-order valence-corrected chi connectivity index (χ2v) is 5.73. The number of carbonyl (C=O) groups is 1. The van der Waals surface area contributed by atoms with Gasteiger partial charge in [0, 0.05) is 24.7 Å². The highest BCUT2D eigenvalue weighted by Crippen LogP contribution is 2.27. The van der Waals surface area contributed by atoms with E-state index in [1.807, 2.05) is 0 Å². The Labute approximate surface area is 124 Å². The summed E-state index contributed by atoms with van der Waals surface area (Å²) in [6, 6.07) is 6.93. The summed E-state index contributed by atoms with van der Waals surface area (Å²) >= 11 is 5.79. The molecule has 5 heteroatoms. The van der Waals surface area contributed by atoms with Crippen LogP contribution in [0.2, 0.25) is 5.02 Å². The predicted molar refractivity (Wildman–Crippen MR) is 78.1 cm³/mol. The molecule has 1 N–H and O–H groups in total. The van der Waals surface area contributed by atoms with Crippen molar-refractivity contribution in [2.24, 2.45) is 5.92 Å². The van der Waals surface area contributed by atoms with Gasteiger partial charge < -0.3 is 14.7 Å². The molecule has 0 aliphatic heterocycles. The van der Waals surface area contributed by atoms with E-state index in [-0.39, 0.29) is 18.7 Å². The number of benzene rings is 1. The number of halogens is 1. The molecule has 1 aliphatic rings. The number of hydrogen-bond acceptors (Lipinski definition) is 3. The summed E-state index contributed by atoms with van der Waals surface area (Å²) in [5.74, 6) is 0.877. The number of aliphatic hydroxyl groups is 1. The number of rotatable bonds is 3. The summed E-state index contributed by atoms with van der Waals surface area (Å²) in [5, 5.41) is 9.74. The largest absolute Gasteiger partial charge is 0.415 e. The van der Waals surface area contributed by atoms with Crippen molar-refractivity contribution >= 4 is 17.7 Å². The molecule has 0 saturated heterocycles. The third-order valence-electron chi connectivity index (χ3n) is 3.93. The first-order valence-electron chi connectivity index (χ1n) is 6.91. The zero-order valence-electron chi connectivity index (χ0n) is 11.6. The van der Waals surface area contributed by atoms with Gasteiger partial charge in [0.05, 0.1) is 0 Å². The highest BCUT2D eigenvalue weighted by molar-refractivity contribution is 6.30. The van der Waals surface area contributed by atoms with Crippen molar-refractivity contribution < 1.29 is 14.6 Å². The zero-order chi connectivity index (χ0) is 14.5. The Kier molecular flexibility index (Phi) is 5.26. The van der Waals surface area contributed by atoms with E-state index in [1.54, 1.807) is 36.2 Å². The molecule has 0 unspecified atom stereocenters. The van der Waals surface area contributed by atoms with E-state index in [0.29, 0.717) is 16.7 Å². The molecule has 110 valence electrons. The Hall–Kier alpha value is -1.26. The number of hydrogen-bond donors (Lipinski definition) is 1. The molecular formula is C15H20ClNO3. The minimum atomic E-state index is -0.347. The van der Waals surface area contributed by atoms with Gasteiger partial charge in [-0.2, -0.15) is 0 Å². The Morgan fingerprint density at radius 2 is 1.90 bits per heavy atom. The third kappa shape index (κ3) is 3.87. The minimum absolute atomic E-state index is 0.192. The molecule has 4 nitrogen and oxygen atoms in total. The molecule has 2 rings (SSSR count). The number of carbonyl (C=O) groups excluding carboxylic acids is 1. The molecule has 0 bridgehead atoms. The number of amides is 1. The van der Waals surface area contributed by atoms with Crippen LogP contribution >= 0.6 is 11.6 Å². The fourth-order valence-electron chi connectivity index (χ4n) is 2.54. The van der Waals surface area contributed by atoms with Gasteiger partial charge >= 0.3 is 6.09 Å². The van der Waals surface area contributed by atoms with Gasteiger partial charge in [-0.25, -0.2) is 4.79 Å². The first kappa shape index (κ1) is 15.1. The first-order valence-corrected chi connectivity index (χ1v) is 7.29. The van der Waals surface area contributed by atoms with Crippen molar-refractivity contribution in [2.45, 2.75) is 31.7 Å². The van der Waals surface area contributed by atoms with E-state index in [1.165, 1.54) is 0 Å². The molecule has 20 heavy (non-hydrogen) atoms. The van der Waals surface area contributed by atoms with E-state index < -0.39 is 0 Å². The van der Waals surface area contributed by atoms with Gasteiger partial charge in [0.15, 0.2) is 0 Å². The van der Waals surface area contributed by atoms with Gasteiger partial charge in [-0.05, 0) is 55.9 Å². The highest BCUT2D eigenvalue weighted by Gasteiger charge is 2.27. The Morgan fingerprint density at radius 3 is 2.45 bits per heavy atom. The van der Waals surface area contributed by atoms with E-state index in [4.69, 9.17) is 21.4 Å². The van der Waals surface area contributed by atoms with Crippen LogP contribution in [0.1, 0.15) is 25.7 Å². The van der Waals surface area contributed by atoms with E-state index in [0.717, 1.165) is 25.7 Å². The maximum absolute atomic E-state index is 12.1. The summed E-state index contributed by atoms with van der Waals surface area (Å²) in [6.07, 6.45) is 3.40. The van der Waals surface area contributed by atoms with Crippen LogP contribution in [0.25, 0.3) is 0 Å². The Balaban J connectivity index is 1.87. The lowest BCUT2D eigenvalue weighted by atomic mass is 9.86. The maximum atomic E-state index is 12.1. The molecule has 1 amide bonds. The van der Waals surface area contributed by atoms with Gasteiger partial charge in [-0.1, -0.05) is 11.6 Å². The number of aliphatic hydroxyl groups excluding tert-OH is 1. The van der Waals surface area contributed by atoms with Crippen molar-refractivity contribution in [3.63, 3.8) is 0 Å². The molecule has 0 atom stereocenters. The quantitative estimate of drug-likeness (QED) is 0.931. The topological polar surface area (TPSA) is 49.8 Å². The Morgan fingerprint density at radius 1 is 1.30 bits per heavy atom. The van der Waals surface area contributed by atoms with Crippen molar-refractivity contribution in [1.29, 1.82) is 0 Å². The number of ether oxygens (including phenoxy) is 1. The van der Waals surface area contributed by atoms with Crippen LogP contribution in [0.5, 0.6) is 5.75 Å². The monoisotopic (exact) mass is 297 g/mol. The molecule has 1 aromatic rings. The van der Waals surface area contributed by atoms with Crippen LogP contribution in [0.3, 0.4) is 0 Å². The van der Waals surface area contributed by atoms with Crippen molar-refractivity contribution in [3.05, 3.63) is 29.3 Å². The summed E-state index contributed by atoms with van der Waals surface area (Å²) in [6.45, 7) is 0.242. The zero-order valence-corrected chi connectivity index (χ0v) is 12.3. The molecule has 0 heterocycles. The molecule has 0 spiro atoms. The lowest BCUT2D eigenvalue weighted by molar-refractivity contribution is 0.111. The summed E-state index contributed by atoms with van der Waals surface area (Å²) in [4.78, 5) is 13.7.